The number of carbonyl (C=O) groups excluding carboxylic acids is 1. The number of benzene rings is 1. The molecule has 1 atom stereocenters. The standard InChI is InChI=1S/C20H26NO2S2.C2H6.CH4N.Os/c1-2-23-19(22)13-5-3-4-8-14-21-20(18-12-9-15-25-18)16-10-6-7-11-17(16)24;2*1-2;/h6-7,9-11,15,20-21,24H,2-5,8,13-14H2,1H3;1-2H3;2H,1H3;/q-1;;-1;/p-1. The van der Waals surface area contributed by atoms with Gasteiger partial charge in [0.2, 0.25) is 0 Å². The van der Waals surface area contributed by atoms with Gasteiger partial charge in [-0.05, 0) is 31.9 Å². The topological polar surface area (TPSA) is 62.1 Å². The second kappa shape index (κ2) is 21.4. The maximum atomic E-state index is 11.3. The van der Waals surface area contributed by atoms with Crippen molar-refractivity contribution in [2.24, 2.45) is 0 Å². The molecule has 172 valence electrons. The van der Waals surface area contributed by atoms with Gasteiger partial charge in [0.25, 0.3) is 0 Å². The van der Waals surface area contributed by atoms with Gasteiger partial charge in [-0.1, -0.05) is 55.8 Å². The predicted octanol–water partition coefficient (Wildman–Crippen LogP) is 6.34. The van der Waals surface area contributed by atoms with Crippen LogP contribution in [0.25, 0.3) is 5.73 Å². The molecule has 2 rings (SSSR count). The average molecular weight is 626 g/mol. The van der Waals surface area contributed by atoms with Crippen LogP contribution < -0.4 is 5.32 Å². The zero-order valence-electron chi connectivity index (χ0n) is 18.5. The van der Waals surface area contributed by atoms with Crippen molar-refractivity contribution in [3.63, 3.8) is 0 Å². The van der Waals surface area contributed by atoms with Crippen LogP contribution in [0.2, 0.25) is 0 Å². The fourth-order valence-corrected chi connectivity index (χ4v) is 3.73. The normalized spacial score (nSPS) is 10.4. The van der Waals surface area contributed by atoms with Gasteiger partial charge in [0, 0.05) is 32.3 Å². The molecular formula is C23H35N2O2OsS2-3. The summed E-state index contributed by atoms with van der Waals surface area (Å²) >= 11 is 7.19. The van der Waals surface area contributed by atoms with Crippen LogP contribution in [0, 0.1) is 6.07 Å². The van der Waals surface area contributed by atoms with E-state index in [-0.39, 0.29) is 31.8 Å². The molecular weight excluding hydrogens is 591 g/mol. The molecule has 0 amide bonds. The average Bonchev–Trinajstić information content (AvgIpc) is 3.29. The van der Waals surface area contributed by atoms with Crippen molar-refractivity contribution in [2.75, 3.05) is 20.2 Å². The summed E-state index contributed by atoms with van der Waals surface area (Å²) in [5, 5.41) is 5.67. The molecule has 1 aromatic carbocycles. The van der Waals surface area contributed by atoms with Gasteiger partial charge in [-0.3, -0.25) is 16.1 Å². The number of rotatable bonds is 11. The summed E-state index contributed by atoms with van der Waals surface area (Å²) in [4.78, 5) is 13.3. The molecule has 0 aliphatic heterocycles. The summed E-state index contributed by atoms with van der Waals surface area (Å²) in [6, 6.07) is 13.4. The Labute approximate surface area is 205 Å². The van der Waals surface area contributed by atoms with E-state index in [1.807, 2.05) is 50.4 Å². The first-order valence-electron chi connectivity index (χ1n) is 10.3. The fraction of sp³-hybridized carbons (Fsp3) is 0.522. The largest absolute Gasteiger partial charge is 0.779 e. The van der Waals surface area contributed by atoms with Crippen LogP contribution >= 0.6 is 11.3 Å². The van der Waals surface area contributed by atoms with Crippen LogP contribution in [-0.2, 0) is 42.0 Å². The van der Waals surface area contributed by atoms with Crippen molar-refractivity contribution in [3.8, 4) is 0 Å². The van der Waals surface area contributed by atoms with E-state index in [9.17, 15) is 4.79 Å². The van der Waals surface area contributed by atoms with E-state index in [2.05, 4.69) is 17.4 Å². The van der Waals surface area contributed by atoms with Gasteiger partial charge in [-0.25, -0.2) is 12.1 Å². The van der Waals surface area contributed by atoms with Gasteiger partial charge in [-0.15, -0.1) is 0 Å². The molecule has 0 aliphatic rings. The summed E-state index contributed by atoms with van der Waals surface area (Å²) in [7, 11) is 1.25. The molecule has 0 saturated carbocycles. The van der Waals surface area contributed by atoms with E-state index in [0.717, 1.165) is 42.7 Å². The van der Waals surface area contributed by atoms with Crippen molar-refractivity contribution < 1.29 is 29.3 Å². The van der Waals surface area contributed by atoms with Gasteiger partial charge in [-0.2, -0.15) is 17.3 Å². The van der Waals surface area contributed by atoms with E-state index in [0.29, 0.717) is 13.0 Å². The fourth-order valence-electron chi connectivity index (χ4n) is 2.70. The molecule has 0 spiro atoms. The summed E-state index contributed by atoms with van der Waals surface area (Å²) in [5.41, 5.74) is 6.89. The molecule has 4 nitrogen and oxygen atoms in total. The molecule has 7 heteroatoms. The molecule has 0 bridgehead atoms. The number of hydrogen-bond acceptors (Lipinski definition) is 5. The summed E-state index contributed by atoms with van der Waals surface area (Å²) in [6.45, 7) is 7.22. The van der Waals surface area contributed by atoms with E-state index >= 15 is 0 Å². The Morgan fingerprint density at radius 2 is 1.87 bits per heavy atom. The van der Waals surface area contributed by atoms with Crippen LogP contribution in [0.4, 0.5) is 0 Å². The Morgan fingerprint density at radius 1 is 1.20 bits per heavy atom. The molecule has 0 saturated heterocycles. The second-order valence-electron chi connectivity index (χ2n) is 5.82. The first-order valence-corrected chi connectivity index (χ1v) is 11.6. The van der Waals surface area contributed by atoms with Gasteiger partial charge in [0.05, 0.1) is 6.61 Å². The number of esters is 1. The minimum Gasteiger partial charge on any atom is -0.779 e. The molecule has 0 radical (unpaired) electrons. The molecule has 1 heterocycles. The molecule has 0 fully saturated rings. The minimum absolute atomic E-state index is 0. The number of nitrogens with one attached hydrogen (secondary N) is 2. The second-order valence-corrected chi connectivity index (χ2v) is 7.21. The first kappa shape index (κ1) is 31.4. The molecule has 1 aromatic heterocycles. The van der Waals surface area contributed by atoms with Gasteiger partial charge in [0.15, 0.2) is 0 Å². The van der Waals surface area contributed by atoms with Crippen molar-refractivity contribution in [1.82, 2.24) is 5.32 Å². The third kappa shape index (κ3) is 12.8. The maximum absolute atomic E-state index is 11.3. The molecule has 2 N–H and O–H groups in total. The SMILES string of the molecule is CC.CCOC(=O)CCCCCCNC(c1[c-]ccs1)c1ccccc1[S-].C[NH-].[Os]. The number of carbonyl (C=O) groups is 1. The molecule has 30 heavy (non-hydrogen) atoms. The van der Waals surface area contributed by atoms with Crippen LogP contribution in [0.1, 0.15) is 69.4 Å². The minimum atomic E-state index is -0.0871. The first-order chi connectivity index (χ1) is 14.2. The van der Waals surface area contributed by atoms with E-state index in [1.54, 1.807) is 11.3 Å². The van der Waals surface area contributed by atoms with E-state index in [4.69, 9.17) is 23.1 Å². The van der Waals surface area contributed by atoms with Crippen LogP contribution in [-0.4, -0.2) is 26.2 Å². The van der Waals surface area contributed by atoms with E-state index in [1.165, 1.54) is 11.9 Å². The number of ether oxygens (including phenoxy) is 1. The quantitative estimate of drug-likeness (QED) is 0.137. The van der Waals surface area contributed by atoms with Crippen LogP contribution in [0.5, 0.6) is 0 Å². The Bertz CT molecular complexity index is 640. The van der Waals surface area contributed by atoms with Gasteiger partial charge < -0.3 is 28.4 Å². The zero-order valence-corrected chi connectivity index (χ0v) is 22.7. The zero-order chi connectivity index (χ0) is 21.9. The van der Waals surface area contributed by atoms with Crippen molar-refractivity contribution in [1.29, 1.82) is 0 Å². The molecule has 1 unspecified atom stereocenters. The maximum Gasteiger partial charge on any atom is 0.305 e. The van der Waals surface area contributed by atoms with Crippen molar-refractivity contribution >= 4 is 29.9 Å². The van der Waals surface area contributed by atoms with Crippen molar-refractivity contribution in [2.45, 2.75) is 63.8 Å². The Morgan fingerprint density at radius 3 is 2.47 bits per heavy atom. The van der Waals surface area contributed by atoms with Crippen LogP contribution in [0.15, 0.2) is 40.6 Å². The van der Waals surface area contributed by atoms with E-state index < -0.39 is 0 Å². The monoisotopic (exact) mass is 627 g/mol. The summed E-state index contributed by atoms with van der Waals surface area (Å²) in [5.74, 6) is -0.0871. The summed E-state index contributed by atoms with van der Waals surface area (Å²) in [6.07, 6.45) is 4.65. The number of thiophene rings is 1. The molecule has 0 aliphatic carbocycles. The number of unbranched alkanes of at least 4 members (excludes halogenated alkanes) is 3. The summed E-state index contributed by atoms with van der Waals surface area (Å²) < 4.78 is 4.94. The van der Waals surface area contributed by atoms with Crippen LogP contribution in [0.3, 0.4) is 0 Å². The number of hydrogen-bond donors (Lipinski definition) is 1. The van der Waals surface area contributed by atoms with Gasteiger partial charge >= 0.3 is 5.97 Å². The third-order valence-electron chi connectivity index (χ3n) is 3.94. The Balaban J connectivity index is 0. The van der Waals surface area contributed by atoms with Gasteiger partial charge in [0.1, 0.15) is 0 Å². The third-order valence-corrected chi connectivity index (χ3v) is 5.19. The Hall–Kier alpha value is -0.834. The smallest absolute Gasteiger partial charge is 0.305 e. The Kier molecular flexibility index (Phi) is 22.4. The predicted molar refractivity (Wildman–Crippen MR) is 126 cm³/mol. The molecule has 2 aromatic rings. The van der Waals surface area contributed by atoms with Crippen molar-refractivity contribution in [3.05, 3.63) is 58.0 Å².